The number of hydrogen-bond donors (Lipinski definition) is 2. The van der Waals surface area contributed by atoms with E-state index in [9.17, 15) is 0 Å². The fourth-order valence-corrected chi connectivity index (χ4v) is 3.04. The van der Waals surface area contributed by atoms with Crippen LogP contribution in [0.3, 0.4) is 0 Å². The van der Waals surface area contributed by atoms with Crippen LogP contribution in [0.4, 0.5) is 5.95 Å². The van der Waals surface area contributed by atoms with Crippen molar-refractivity contribution in [3.63, 3.8) is 0 Å². The number of benzene rings is 3. The molecule has 0 saturated carbocycles. The zero-order valence-electron chi connectivity index (χ0n) is 14.2. The molecule has 5 nitrogen and oxygen atoms in total. The normalized spacial score (nSPS) is 10.8. The van der Waals surface area contributed by atoms with Gasteiger partial charge >= 0.3 is 0 Å². The summed E-state index contributed by atoms with van der Waals surface area (Å²) >= 11 is 6.42. The van der Waals surface area contributed by atoms with Gasteiger partial charge in [-0.3, -0.25) is 0 Å². The molecule has 4 rings (SSSR count). The number of aromatic nitrogens is 3. The third kappa shape index (κ3) is 3.34. The lowest BCUT2D eigenvalue weighted by Gasteiger charge is -2.14. The van der Waals surface area contributed by atoms with Crippen molar-refractivity contribution >= 4 is 28.3 Å². The molecule has 0 radical (unpaired) electrons. The Balaban J connectivity index is 1.65. The Morgan fingerprint density at radius 1 is 1.00 bits per heavy atom. The van der Waals surface area contributed by atoms with E-state index in [1.54, 1.807) is 0 Å². The molecule has 0 bridgehead atoms. The van der Waals surface area contributed by atoms with Gasteiger partial charge in [-0.15, -0.1) is 0 Å². The number of rotatable bonds is 5. The highest BCUT2D eigenvalue weighted by molar-refractivity contribution is 6.31. The fraction of sp³-hybridized carbons (Fsp3) is 0.100. The predicted molar refractivity (Wildman–Crippen MR) is 104 cm³/mol. The maximum absolute atomic E-state index is 6.42. The molecule has 0 amide bonds. The van der Waals surface area contributed by atoms with E-state index in [-0.39, 0.29) is 0 Å². The molecule has 0 aliphatic carbocycles. The molecular weight excluding hydrogens is 348 g/mol. The number of halogens is 1. The van der Waals surface area contributed by atoms with Crippen molar-refractivity contribution in [2.45, 2.75) is 13.5 Å². The van der Waals surface area contributed by atoms with Gasteiger partial charge < -0.3 is 10.1 Å². The number of aromatic amines is 1. The molecule has 0 aliphatic heterocycles. The van der Waals surface area contributed by atoms with Crippen LogP contribution >= 0.6 is 11.6 Å². The van der Waals surface area contributed by atoms with Gasteiger partial charge in [0.2, 0.25) is 5.95 Å². The summed E-state index contributed by atoms with van der Waals surface area (Å²) in [5.41, 5.74) is 0.858. The number of nitrogens with one attached hydrogen (secondary N) is 2. The van der Waals surface area contributed by atoms with E-state index in [1.165, 1.54) is 0 Å². The average Bonchev–Trinajstić information content (AvgIpc) is 3.07. The first-order valence-electron chi connectivity index (χ1n) is 8.26. The molecule has 6 heteroatoms. The second kappa shape index (κ2) is 7.06. The zero-order chi connectivity index (χ0) is 17.9. The number of fused-ring (bicyclic) bond motifs is 1. The van der Waals surface area contributed by atoms with Crippen LogP contribution in [0.25, 0.3) is 10.8 Å². The summed E-state index contributed by atoms with van der Waals surface area (Å²) in [6.45, 7) is 2.29. The van der Waals surface area contributed by atoms with Gasteiger partial charge in [-0.1, -0.05) is 54.1 Å². The lowest BCUT2D eigenvalue weighted by atomic mass is 10.1. The Morgan fingerprint density at radius 2 is 1.77 bits per heavy atom. The van der Waals surface area contributed by atoms with Crippen molar-refractivity contribution < 1.29 is 4.74 Å². The molecule has 1 aromatic heterocycles. The van der Waals surface area contributed by atoms with Crippen molar-refractivity contribution in [3.05, 3.63) is 77.1 Å². The fourth-order valence-electron chi connectivity index (χ4n) is 2.81. The lowest BCUT2D eigenvalue weighted by Crippen LogP contribution is -2.04. The summed E-state index contributed by atoms with van der Waals surface area (Å²) in [7, 11) is 0. The smallest absolute Gasteiger partial charge is 0.218 e. The molecule has 1 heterocycles. The van der Waals surface area contributed by atoms with Crippen molar-refractivity contribution in [1.82, 2.24) is 15.2 Å². The van der Waals surface area contributed by atoms with Crippen molar-refractivity contribution in [2.24, 2.45) is 0 Å². The standard InChI is InChI=1S/C20H17ClN4O/c1-13-23-20(25-24-13)22-12-16-17(21)9-5-11-19(16)26-18-10-4-7-14-6-2-3-8-15(14)18/h2-11H,12H2,1H3,(H2,22,23,24,25). The largest absolute Gasteiger partial charge is 0.456 e. The third-order valence-corrected chi connectivity index (χ3v) is 4.43. The average molecular weight is 365 g/mol. The summed E-state index contributed by atoms with van der Waals surface area (Å²) in [4.78, 5) is 4.25. The number of ether oxygens (including phenoxy) is 1. The van der Waals surface area contributed by atoms with Gasteiger partial charge in [0, 0.05) is 22.5 Å². The van der Waals surface area contributed by atoms with E-state index in [4.69, 9.17) is 16.3 Å². The van der Waals surface area contributed by atoms with E-state index in [0.717, 1.165) is 22.1 Å². The highest BCUT2D eigenvalue weighted by Gasteiger charge is 2.11. The third-order valence-electron chi connectivity index (χ3n) is 4.08. The van der Waals surface area contributed by atoms with Crippen molar-refractivity contribution in [2.75, 3.05) is 5.32 Å². The van der Waals surface area contributed by atoms with Gasteiger partial charge in [0.25, 0.3) is 0 Å². The number of nitrogens with zero attached hydrogens (tertiary/aromatic N) is 2. The van der Waals surface area contributed by atoms with Crippen LogP contribution in [0.15, 0.2) is 60.7 Å². The predicted octanol–water partition coefficient (Wildman–Crippen LogP) is 5.32. The van der Waals surface area contributed by atoms with Crippen LogP contribution in [0, 0.1) is 6.92 Å². The minimum Gasteiger partial charge on any atom is -0.456 e. The van der Waals surface area contributed by atoms with E-state index in [2.05, 4.69) is 32.6 Å². The minimum absolute atomic E-state index is 0.467. The second-order valence-corrected chi connectivity index (χ2v) is 6.29. The van der Waals surface area contributed by atoms with Gasteiger partial charge in [-0.25, -0.2) is 5.10 Å². The molecule has 0 fully saturated rings. The summed E-state index contributed by atoms with van der Waals surface area (Å²) in [5.74, 6) is 2.78. The topological polar surface area (TPSA) is 62.8 Å². The molecule has 0 unspecified atom stereocenters. The van der Waals surface area contributed by atoms with Gasteiger partial charge in [0.15, 0.2) is 0 Å². The Kier molecular flexibility index (Phi) is 4.46. The molecule has 3 aromatic carbocycles. The second-order valence-electron chi connectivity index (χ2n) is 5.88. The van der Waals surface area contributed by atoms with Crippen LogP contribution in [-0.4, -0.2) is 15.2 Å². The molecule has 4 aromatic rings. The maximum atomic E-state index is 6.42. The summed E-state index contributed by atoms with van der Waals surface area (Å²) in [6, 6.07) is 19.8. The zero-order valence-corrected chi connectivity index (χ0v) is 14.9. The lowest BCUT2D eigenvalue weighted by molar-refractivity contribution is 0.482. The molecule has 0 spiro atoms. The Labute approximate surface area is 156 Å². The number of hydrogen-bond acceptors (Lipinski definition) is 4. The van der Waals surface area contributed by atoms with Gasteiger partial charge in [-0.05, 0) is 30.5 Å². The van der Waals surface area contributed by atoms with E-state index < -0.39 is 0 Å². The molecule has 0 atom stereocenters. The highest BCUT2D eigenvalue weighted by Crippen LogP contribution is 2.34. The minimum atomic E-state index is 0.467. The monoisotopic (exact) mass is 364 g/mol. The summed E-state index contributed by atoms with van der Waals surface area (Å²) < 4.78 is 6.23. The van der Waals surface area contributed by atoms with Gasteiger partial charge in [0.05, 0.1) is 0 Å². The van der Waals surface area contributed by atoms with Crippen LogP contribution in [0.2, 0.25) is 5.02 Å². The molecule has 0 aliphatic rings. The van der Waals surface area contributed by atoms with Crippen LogP contribution in [-0.2, 0) is 6.54 Å². The quantitative estimate of drug-likeness (QED) is 0.502. The van der Waals surface area contributed by atoms with Gasteiger partial charge in [-0.2, -0.15) is 10.1 Å². The molecule has 130 valence electrons. The van der Waals surface area contributed by atoms with Gasteiger partial charge in [0.1, 0.15) is 17.3 Å². The van der Waals surface area contributed by atoms with Crippen LogP contribution < -0.4 is 10.1 Å². The molecule has 26 heavy (non-hydrogen) atoms. The van der Waals surface area contributed by atoms with E-state index in [0.29, 0.717) is 29.1 Å². The van der Waals surface area contributed by atoms with E-state index in [1.807, 2.05) is 55.5 Å². The van der Waals surface area contributed by atoms with Crippen molar-refractivity contribution in [3.8, 4) is 11.5 Å². The number of aryl methyl sites for hydroxylation is 1. The molecular formula is C20H17ClN4O. The van der Waals surface area contributed by atoms with Crippen molar-refractivity contribution in [1.29, 1.82) is 0 Å². The first-order valence-corrected chi connectivity index (χ1v) is 8.64. The Hall–Kier alpha value is -3.05. The Morgan fingerprint density at radius 3 is 2.62 bits per heavy atom. The summed E-state index contributed by atoms with van der Waals surface area (Å²) in [6.07, 6.45) is 0. The highest BCUT2D eigenvalue weighted by atomic mass is 35.5. The SMILES string of the molecule is Cc1n[nH]c(NCc2c(Cl)cccc2Oc2cccc3ccccc23)n1. The number of anilines is 1. The molecule has 2 N–H and O–H groups in total. The van der Waals surface area contributed by atoms with Crippen LogP contribution in [0.5, 0.6) is 11.5 Å². The van der Waals surface area contributed by atoms with E-state index >= 15 is 0 Å². The first-order chi connectivity index (χ1) is 12.7. The van der Waals surface area contributed by atoms with Crippen LogP contribution in [0.1, 0.15) is 11.4 Å². The Bertz CT molecular complexity index is 1060. The first kappa shape index (κ1) is 16.4. The number of H-pyrrole nitrogens is 1. The molecule has 0 saturated heterocycles. The summed E-state index contributed by atoms with van der Waals surface area (Å²) in [5, 5.41) is 12.9. The maximum Gasteiger partial charge on any atom is 0.218 e.